The standard InChI is InChI=1S/C14H18N4O/c1-11-4-6-12(7-5-11)18-14(19)17-8-2-3-13-15-9-10-16-13/h4-7,9-10H,2-3,8H2,1H3,(H,15,16)(H2,17,18,19). The highest BCUT2D eigenvalue weighted by molar-refractivity contribution is 5.89. The summed E-state index contributed by atoms with van der Waals surface area (Å²) in [7, 11) is 0. The van der Waals surface area contributed by atoms with Gasteiger partial charge in [0, 0.05) is 31.0 Å². The Balaban J connectivity index is 1.65. The Labute approximate surface area is 112 Å². The van der Waals surface area contributed by atoms with E-state index in [9.17, 15) is 4.79 Å². The molecule has 0 atom stereocenters. The van der Waals surface area contributed by atoms with Crippen LogP contribution in [0.1, 0.15) is 17.8 Å². The first kappa shape index (κ1) is 13.1. The van der Waals surface area contributed by atoms with Crippen LogP contribution >= 0.6 is 0 Å². The summed E-state index contributed by atoms with van der Waals surface area (Å²) in [5, 5.41) is 5.61. The molecule has 0 aliphatic carbocycles. The largest absolute Gasteiger partial charge is 0.349 e. The van der Waals surface area contributed by atoms with Gasteiger partial charge in [-0.25, -0.2) is 9.78 Å². The molecule has 0 saturated heterocycles. The summed E-state index contributed by atoms with van der Waals surface area (Å²) in [6.45, 7) is 2.64. The van der Waals surface area contributed by atoms with Gasteiger partial charge in [0.2, 0.25) is 0 Å². The van der Waals surface area contributed by atoms with Crippen LogP contribution in [0, 0.1) is 6.92 Å². The normalized spacial score (nSPS) is 10.2. The van der Waals surface area contributed by atoms with Gasteiger partial charge in [0.15, 0.2) is 0 Å². The highest BCUT2D eigenvalue weighted by Gasteiger charge is 2.01. The van der Waals surface area contributed by atoms with E-state index in [2.05, 4.69) is 20.6 Å². The van der Waals surface area contributed by atoms with Crippen molar-refractivity contribution in [3.63, 3.8) is 0 Å². The average Bonchev–Trinajstić information content (AvgIpc) is 2.91. The molecule has 0 spiro atoms. The van der Waals surface area contributed by atoms with Crippen LogP contribution < -0.4 is 10.6 Å². The van der Waals surface area contributed by atoms with Gasteiger partial charge in [0.05, 0.1) is 0 Å². The van der Waals surface area contributed by atoms with Crippen molar-refractivity contribution < 1.29 is 4.79 Å². The number of aromatic nitrogens is 2. The molecule has 0 radical (unpaired) electrons. The van der Waals surface area contributed by atoms with Crippen LogP contribution in [0.2, 0.25) is 0 Å². The first-order valence-electron chi connectivity index (χ1n) is 6.34. The number of rotatable bonds is 5. The molecule has 0 saturated carbocycles. The van der Waals surface area contributed by atoms with E-state index in [4.69, 9.17) is 0 Å². The minimum Gasteiger partial charge on any atom is -0.349 e. The van der Waals surface area contributed by atoms with Gasteiger partial charge in [0.25, 0.3) is 0 Å². The lowest BCUT2D eigenvalue weighted by Gasteiger charge is -2.07. The summed E-state index contributed by atoms with van der Waals surface area (Å²) in [4.78, 5) is 18.8. The second-order valence-corrected chi connectivity index (χ2v) is 4.39. The van der Waals surface area contributed by atoms with Crippen molar-refractivity contribution in [3.8, 4) is 0 Å². The Bertz CT molecular complexity index is 505. The van der Waals surface area contributed by atoms with Crippen molar-refractivity contribution >= 4 is 11.7 Å². The van der Waals surface area contributed by atoms with Gasteiger partial charge in [-0.05, 0) is 25.5 Å². The minimum absolute atomic E-state index is 0.178. The van der Waals surface area contributed by atoms with Crippen LogP contribution in [0.5, 0.6) is 0 Å². The van der Waals surface area contributed by atoms with Crippen LogP contribution in [0.3, 0.4) is 0 Å². The van der Waals surface area contributed by atoms with Crippen molar-refractivity contribution in [1.82, 2.24) is 15.3 Å². The SMILES string of the molecule is Cc1ccc(NC(=O)NCCCc2ncc[nH]2)cc1. The van der Waals surface area contributed by atoms with E-state index < -0.39 is 0 Å². The average molecular weight is 258 g/mol. The predicted octanol–water partition coefficient (Wildman–Crippen LogP) is 2.47. The Morgan fingerprint density at radius 1 is 1.32 bits per heavy atom. The molecule has 0 unspecified atom stereocenters. The Morgan fingerprint density at radius 2 is 2.11 bits per heavy atom. The predicted molar refractivity (Wildman–Crippen MR) is 75.1 cm³/mol. The second kappa shape index (κ2) is 6.58. The molecule has 19 heavy (non-hydrogen) atoms. The molecule has 2 aromatic rings. The zero-order valence-corrected chi connectivity index (χ0v) is 10.9. The zero-order valence-electron chi connectivity index (χ0n) is 10.9. The fourth-order valence-corrected chi connectivity index (χ4v) is 1.70. The maximum atomic E-state index is 11.6. The van der Waals surface area contributed by atoms with Gasteiger partial charge in [-0.2, -0.15) is 0 Å². The Kier molecular flexibility index (Phi) is 4.55. The van der Waals surface area contributed by atoms with E-state index in [1.807, 2.05) is 31.2 Å². The lowest BCUT2D eigenvalue weighted by atomic mass is 10.2. The van der Waals surface area contributed by atoms with E-state index >= 15 is 0 Å². The monoisotopic (exact) mass is 258 g/mol. The van der Waals surface area contributed by atoms with Gasteiger partial charge in [-0.1, -0.05) is 17.7 Å². The van der Waals surface area contributed by atoms with Gasteiger partial charge < -0.3 is 15.6 Å². The molecule has 3 N–H and O–H groups in total. The van der Waals surface area contributed by atoms with Crippen molar-refractivity contribution in [2.75, 3.05) is 11.9 Å². The molecular formula is C14H18N4O. The molecule has 0 aliphatic heterocycles. The topological polar surface area (TPSA) is 69.8 Å². The molecule has 5 nitrogen and oxygen atoms in total. The number of carbonyl (C=O) groups is 1. The van der Waals surface area contributed by atoms with Crippen molar-refractivity contribution in [3.05, 3.63) is 48.0 Å². The van der Waals surface area contributed by atoms with Crippen molar-refractivity contribution in [1.29, 1.82) is 0 Å². The van der Waals surface area contributed by atoms with E-state index in [0.717, 1.165) is 24.4 Å². The lowest BCUT2D eigenvalue weighted by molar-refractivity contribution is 0.252. The molecule has 2 rings (SSSR count). The van der Waals surface area contributed by atoms with Gasteiger partial charge in [-0.3, -0.25) is 0 Å². The van der Waals surface area contributed by atoms with Crippen LogP contribution in [0.15, 0.2) is 36.7 Å². The first-order valence-corrected chi connectivity index (χ1v) is 6.34. The quantitative estimate of drug-likeness (QED) is 0.721. The summed E-state index contributed by atoms with van der Waals surface area (Å²) < 4.78 is 0. The summed E-state index contributed by atoms with van der Waals surface area (Å²) in [6, 6.07) is 7.53. The molecule has 5 heteroatoms. The number of carbonyl (C=O) groups excluding carboxylic acids is 1. The molecule has 1 aromatic heterocycles. The van der Waals surface area contributed by atoms with Gasteiger partial charge >= 0.3 is 6.03 Å². The fraction of sp³-hybridized carbons (Fsp3) is 0.286. The Hall–Kier alpha value is -2.30. The summed E-state index contributed by atoms with van der Waals surface area (Å²) in [5.74, 6) is 0.945. The lowest BCUT2D eigenvalue weighted by Crippen LogP contribution is -2.29. The molecule has 0 fully saturated rings. The number of amides is 2. The number of hydrogen-bond donors (Lipinski definition) is 3. The summed E-state index contributed by atoms with van der Waals surface area (Å²) >= 11 is 0. The third kappa shape index (κ3) is 4.46. The number of imidazole rings is 1. The van der Waals surface area contributed by atoms with Crippen molar-refractivity contribution in [2.24, 2.45) is 0 Å². The number of anilines is 1. The smallest absolute Gasteiger partial charge is 0.319 e. The van der Waals surface area contributed by atoms with Crippen LogP contribution in [0.4, 0.5) is 10.5 Å². The number of nitrogens with one attached hydrogen (secondary N) is 3. The minimum atomic E-state index is -0.178. The zero-order chi connectivity index (χ0) is 13.5. The third-order valence-corrected chi connectivity index (χ3v) is 2.74. The number of H-pyrrole nitrogens is 1. The van der Waals surface area contributed by atoms with Crippen LogP contribution in [-0.2, 0) is 6.42 Å². The highest BCUT2D eigenvalue weighted by atomic mass is 16.2. The van der Waals surface area contributed by atoms with Crippen LogP contribution in [-0.4, -0.2) is 22.5 Å². The van der Waals surface area contributed by atoms with Crippen molar-refractivity contribution in [2.45, 2.75) is 19.8 Å². The number of benzene rings is 1. The molecule has 100 valence electrons. The summed E-state index contributed by atoms with van der Waals surface area (Å²) in [6.07, 6.45) is 5.21. The number of aryl methyl sites for hydroxylation is 2. The molecule has 1 aromatic carbocycles. The Morgan fingerprint density at radius 3 is 2.79 bits per heavy atom. The molecule has 2 amide bonds. The van der Waals surface area contributed by atoms with E-state index in [0.29, 0.717) is 6.54 Å². The molecule has 0 bridgehead atoms. The van der Waals surface area contributed by atoms with E-state index in [1.54, 1.807) is 12.4 Å². The van der Waals surface area contributed by atoms with E-state index in [-0.39, 0.29) is 6.03 Å². The number of urea groups is 1. The number of hydrogen-bond acceptors (Lipinski definition) is 2. The van der Waals surface area contributed by atoms with Gasteiger partial charge in [0.1, 0.15) is 5.82 Å². The first-order chi connectivity index (χ1) is 9.24. The number of aromatic amines is 1. The van der Waals surface area contributed by atoms with E-state index in [1.165, 1.54) is 5.56 Å². The maximum absolute atomic E-state index is 11.6. The third-order valence-electron chi connectivity index (χ3n) is 2.74. The molecule has 1 heterocycles. The van der Waals surface area contributed by atoms with Crippen LogP contribution in [0.25, 0.3) is 0 Å². The fourth-order valence-electron chi connectivity index (χ4n) is 1.70. The highest BCUT2D eigenvalue weighted by Crippen LogP contribution is 2.07. The molecule has 0 aliphatic rings. The number of nitrogens with zero attached hydrogens (tertiary/aromatic N) is 1. The summed E-state index contributed by atoms with van der Waals surface area (Å²) in [5.41, 5.74) is 1.97. The van der Waals surface area contributed by atoms with Gasteiger partial charge in [-0.15, -0.1) is 0 Å². The maximum Gasteiger partial charge on any atom is 0.319 e. The second-order valence-electron chi connectivity index (χ2n) is 4.39. The molecular weight excluding hydrogens is 240 g/mol.